The fourth-order valence-corrected chi connectivity index (χ4v) is 2.38. The maximum absolute atomic E-state index is 11.8. The fourth-order valence-electron chi connectivity index (χ4n) is 2.38. The van der Waals surface area contributed by atoms with Gasteiger partial charge in [0, 0.05) is 18.9 Å². The van der Waals surface area contributed by atoms with Crippen LogP contribution in [0.2, 0.25) is 0 Å². The molecule has 0 aromatic heterocycles. The first-order valence-electron chi connectivity index (χ1n) is 7.57. The van der Waals surface area contributed by atoms with Crippen molar-refractivity contribution in [2.24, 2.45) is 11.7 Å². The number of hydrogen-bond acceptors (Lipinski definition) is 4. The third-order valence-corrected chi connectivity index (χ3v) is 4.18. The predicted molar refractivity (Wildman–Crippen MR) is 87.5 cm³/mol. The number of halogens is 1. The van der Waals surface area contributed by atoms with Crippen LogP contribution in [0.3, 0.4) is 0 Å². The van der Waals surface area contributed by atoms with Gasteiger partial charge in [-0.05, 0) is 55.9 Å². The van der Waals surface area contributed by atoms with E-state index in [0.717, 1.165) is 56.9 Å². The maximum atomic E-state index is 11.8. The fraction of sp³-hybridized carbons (Fsp3) is 0.562. The zero-order chi connectivity index (χ0) is 14.7. The molecule has 0 radical (unpaired) electrons. The Balaban J connectivity index is 0.00000176. The number of rotatable bonds is 5. The number of carbonyl (C=O) groups excluding carboxylic acids is 1. The number of ether oxygens (including phenoxy) is 2. The lowest BCUT2D eigenvalue weighted by Crippen LogP contribution is -2.37. The maximum Gasteiger partial charge on any atom is 0.244 e. The summed E-state index contributed by atoms with van der Waals surface area (Å²) in [4.78, 5) is 11.8. The largest absolute Gasteiger partial charge is 0.493 e. The number of nitrogens with one attached hydrogen (secondary N) is 1. The molecule has 3 rings (SSSR count). The van der Waals surface area contributed by atoms with Crippen LogP contribution in [0.4, 0.5) is 5.69 Å². The minimum Gasteiger partial charge on any atom is -0.493 e. The van der Waals surface area contributed by atoms with E-state index in [1.54, 1.807) is 0 Å². The van der Waals surface area contributed by atoms with Gasteiger partial charge in [0.25, 0.3) is 0 Å². The third-order valence-electron chi connectivity index (χ3n) is 4.18. The molecule has 1 aliphatic carbocycles. The van der Waals surface area contributed by atoms with Gasteiger partial charge in [0.2, 0.25) is 5.91 Å². The quantitative estimate of drug-likeness (QED) is 0.871. The van der Waals surface area contributed by atoms with E-state index in [9.17, 15) is 4.79 Å². The molecule has 1 aromatic rings. The summed E-state index contributed by atoms with van der Waals surface area (Å²) in [5.74, 6) is 1.30. The molecule has 1 amide bonds. The normalized spacial score (nSPS) is 19.9. The topological polar surface area (TPSA) is 73.6 Å². The molecule has 5 nitrogen and oxygen atoms in total. The van der Waals surface area contributed by atoms with E-state index in [0.29, 0.717) is 5.92 Å². The minimum atomic E-state index is -0.641. The first kappa shape index (κ1) is 17.1. The van der Waals surface area contributed by atoms with Crippen molar-refractivity contribution < 1.29 is 14.3 Å². The molecule has 22 heavy (non-hydrogen) atoms. The number of hydrogen-bond donors (Lipinski definition) is 2. The van der Waals surface area contributed by atoms with Gasteiger partial charge in [-0.15, -0.1) is 12.4 Å². The molecule has 1 saturated carbocycles. The van der Waals surface area contributed by atoms with Crippen LogP contribution in [0.25, 0.3) is 0 Å². The number of carbonyl (C=O) groups is 1. The van der Waals surface area contributed by atoms with Crippen LogP contribution in [0.1, 0.15) is 25.7 Å². The molecule has 2 aliphatic rings. The number of amides is 1. The molecule has 0 unspecified atom stereocenters. The van der Waals surface area contributed by atoms with E-state index in [2.05, 4.69) is 5.32 Å². The van der Waals surface area contributed by atoms with E-state index >= 15 is 0 Å². The molecule has 122 valence electrons. The van der Waals surface area contributed by atoms with Gasteiger partial charge in [-0.2, -0.15) is 0 Å². The van der Waals surface area contributed by atoms with Crippen LogP contribution in [-0.2, 0) is 9.53 Å². The smallest absolute Gasteiger partial charge is 0.244 e. The Labute approximate surface area is 137 Å². The molecule has 1 aromatic carbocycles. The van der Waals surface area contributed by atoms with Crippen molar-refractivity contribution in [3.05, 3.63) is 24.3 Å². The third kappa shape index (κ3) is 4.35. The van der Waals surface area contributed by atoms with Gasteiger partial charge < -0.3 is 20.5 Å². The Kier molecular flexibility index (Phi) is 5.67. The van der Waals surface area contributed by atoms with Gasteiger partial charge in [0.15, 0.2) is 0 Å². The highest BCUT2D eigenvalue weighted by Crippen LogP contribution is 2.33. The number of nitrogens with two attached hydrogens (primary N) is 1. The van der Waals surface area contributed by atoms with Crippen molar-refractivity contribution in [1.82, 2.24) is 0 Å². The van der Waals surface area contributed by atoms with Gasteiger partial charge in [0.05, 0.1) is 12.1 Å². The Bertz CT molecular complexity index is 497. The Hall–Kier alpha value is -1.30. The van der Waals surface area contributed by atoms with Crippen molar-refractivity contribution in [3.8, 4) is 5.75 Å². The predicted octanol–water partition coefficient (Wildman–Crippen LogP) is 2.34. The zero-order valence-corrected chi connectivity index (χ0v) is 13.4. The highest BCUT2D eigenvalue weighted by molar-refractivity contribution is 6.00. The number of anilines is 1. The van der Waals surface area contributed by atoms with E-state index in [1.807, 2.05) is 24.3 Å². The molecule has 1 aliphatic heterocycles. The monoisotopic (exact) mass is 326 g/mol. The van der Waals surface area contributed by atoms with Gasteiger partial charge in [-0.25, -0.2) is 0 Å². The second kappa shape index (κ2) is 7.31. The Morgan fingerprint density at radius 3 is 2.50 bits per heavy atom. The lowest BCUT2D eigenvalue weighted by Gasteiger charge is -2.22. The summed E-state index contributed by atoms with van der Waals surface area (Å²) in [6, 6.07) is 7.46. The van der Waals surface area contributed by atoms with Crippen molar-refractivity contribution >= 4 is 24.0 Å². The summed E-state index contributed by atoms with van der Waals surface area (Å²) < 4.78 is 11.1. The van der Waals surface area contributed by atoms with Crippen molar-refractivity contribution in [3.63, 3.8) is 0 Å². The first-order valence-corrected chi connectivity index (χ1v) is 7.57. The first-order chi connectivity index (χ1) is 10.2. The summed E-state index contributed by atoms with van der Waals surface area (Å²) in [5, 5.41) is 2.84. The van der Waals surface area contributed by atoms with E-state index in [1.165, 1.54) is 0 Å². The minimum absolute atomic E-state index is 0. The standard InChI is InChI=1S/C16H22N2O3.ClH/c17-16(7-8-16)15(19)18-13-1-3-14(4-2-13)21-11-12-5-9-20-10-6-12;/h1-4,12H,5-11,17H2,(H,18,19);1H. The van der Waals surface area contributed by atoms with Crippen molar-refractivity contribution in [2.75, 3.05) is 25.1 Å². The van der Waals surface area contributed by atoms with Crippen molar-refractivity contribution in [1.29, 1.82) is 0 Å². The lowest BCUT2D eigenvalue weighted by atomic mass is 10.0. The van der Waals surface area contributed by atoms with Gasteiger partial charge in [-0.3, -0.25) is 4.79 Å². The summed E-state index contributed by atoms with van der Waals surface area (Å²) in [6.45, 7) is 2.39. The van der Waals surface area contributed by atoms with Gasteiger partial charge >= 0.3 is 0 Å². The molecule has 1 heterocycles. The summed E-state index contributed by atoms with van der Waals surface area (Å²) >= 11 is 0. The molecule has 2 fully saturated rings. The molecular weight excluding hydrogens is 304 g/mol. The van der Waals surface area contributed by atoms with E-state index < -0.39 is 5.54 Å². The van der Waals surface area contributed by atoms with Crippen LogP contribution < -0.4 is 15.8 Å². The Morgan fingerprint density at radius 2 is 1.91 bits per heavy atom. The second-order valence-corrected chi connectivity index (χ2v) is 6.00. The van der Waals surface area contributed by atoms with Gasteiger partial charge in [-0.1, -0.05) is 0 Å². The van der Waals surface area contributed by atoms with Crippen LogP contribution >= 0.6 is 12.4 Å². The number of benzene rings is 1. The van der Waals surface area contributed by atoms with Crippen LogP contribution in [0.5, 0.6) is 5.75 Å². The summed E-state index contributed by atoms with van der Waals surface area (Å²) in [6.07, 6.45) is 3.66. The SMILES string of the molecule is Cl.NC1(C(=O)Nc2ccc(OCC3CCOCC3)cc2)CC1. The van der Waals surface area contributed by atoms with E-state index in [-0.39, 0.29) is 18.3 Å². The molecule has 0 atom stereocenters. The second-order valence-electron chi connectivity index (χ2n) is 6.00. The Morgan fingerprint density at radius 1 is 1.27 bits per heavy atom. The van der Waals surface area contributed by atoms with Crippen LogP contribution in [-0.4, -0.2) is 31.3 Å². The zero-order valence-electron chi connectivity index (χ0n) is 12.5. The summed E-state index contributed by atoms with van der Waals surface area (Å²) in [5.41, 5.74) is 5.97. The molecule has 6 heteroatoms. The van der Waals surface area contributed by atoms with Crippen LogP contribution in [0.15, 0.2) is 24.3 Å². The highest BCUT2D eigenvalue weighted by atomic mass is 35.5. The molecule has 3 N–H and O–H groups in total. The van der Waals surface area contributed by atoms with Crippen LogP contribution in [0, 0.1) is 5.92 Å². The van der Waals surface area contributed by atoms with E-state index in [4.69, 9.17) is 15.2 Å². The molecule has 0 bridgehead atoms. The molecule has 1 saturated heterocycles. The van der Waals surface area contributed by atoms with Crippen molar-refractivity contribution in [2.45, 2.75) is 31.2 Å². The summed E-state index contributed by atoms with van der Waals surface area (Å²) in [7, 11) is 0. The molecule has 0 spiro atoms. The average molecular weight is 327 g/mol. The lowest BCUT2D eigenvalue weighted by molar-refractivity contribution is -0.118. The highest BCUT2D eigenvalue weighted by Gasteiger charge is 2.45. The average Bonchev–Trinajstić information content (AvgIpc) is 3.27. The van der Waals surface area contributed by atoms with Gasteiger partial charge in [0.1, 0.15) is 5.75 Å². The molecular formula is C16H23ClN2O3.